The van der Waals surface area contributed by atoms with Gasteiger partial charge in [0.25, 0.3) is 0 Å². The number of urea groups is 1. The second-order valence-corrected chi connectivity index (χ2v) is 6.33. The third-order valence-corrected chi connectivity index (χ3v) is 4.71. The first-order valence-corrected chi connectivity index (χ1v) is 7.19. The zero-order valence-electron chi connectivity index (χ0n) is 11.2. The van der Waals surface area contributed by atoms with Crippen LogP contribution in [0.1, 0.15) is 13.8 Å². The van der Waals surface area contributed by atoms with Crippen molar-refractivity contribution in [2.45, 2.75) is 19.1 Å². The Labute approximate surface area is 111 Å². The van der Waals surface area contributed by atoms with E-state index in [1.54, 1.807) is 0 Å². The van der Waals surface area contributed by atoms with Crippen molar-refractivity contribution in [2.24, 2.45) is 5.92 Å². The molecule has 110 valence electrons. The minimum Gasteiger partial charge on any atom is -0.469 e. The number of nitrogens with one attached hydrogen (secondary N) is 2. The third-order valence-electron chi connectivity index (χ3n) is 2.46. The van der Waals surface area contributed by atoms with Crippen LogP contribution in [0, 0.1) is 5.92 Å². The van der Waals surface area contributed by atoms with Crippen LogP contribution in [0.15, 0.2) is 0 Å². The van der Waals surface area contributed by atoms with Gasteiger partial charge in [-0.15, -0.1) is 0 Å². The molecule has 0 saturated heterocycles. The van der Waals surface area contributed by atoms with Crippen molar-refractivity contribution in [1.29, 1.82) is 0 Å². The smallest absolute Gasteiger partial charge is 0.321 e. The highest BCUT2D eigenvalue weighted by Gasteiger charge is 2.32. The van der Waals surface area contributed by atoms with Crippen molar-refractivity contribution in [3.8, 4) is 0 Å². The highest BCUT2D eigenvalue weighted by molar-refractivity contribution is 7.92. The summed E-state index contributed by atoms with van der Waals surface area (Å²) in [6, 6.07) is -0.798. The number of carbonyl (C=O) groups is 3. The number of methoxy groups -OCH3 is 1. The quantitative estimate of drug-likeness (QED) is 0.631. The highest BCUT2D eigenvalue weighted by Crippen LogP contribution is 2.09. The third kappa shape index (κ3) is 5.25. The highest BCUT2D eigenvalue weighted by atomic mass is 32.2. The molecule has 0 spiro atoms. The first kappa shape index (κ1) is 17.4. The second-order valence-electron chi connectivity index (χ2n) is 3.96. The van der Waals surface area contributed by atoms with E-state index in [1.807, 2.05) is 5.32 Å². The van der Waals surface area contributed by atoms with E-state index in [1.165, 1.54) is 14.0 Å². The van der Waals surface area contributed by atoms with E-state index >= 15 is 0 Å². The first-order valence-electron chi connectivity index (χ1n) is 5.47. The Morgan fingerprint density at radius 3 is 2.16 bits per heavy atom. The molecule has 0 aliphatic carbocycles. The van der Waals surface area contributed by atoms with Gasteiger partial charge in [-0.2, -0.15) is 0 Å². The summed E-state index contributed by atoms with van der Waals surface area (Å²) in [6.07, 6.45) is 0. The minimum absolute atomic E-state index is 0.526. The lowest BCUT2D eigenvalue weighted by Gasteiger charge is -2.15. The Bertz CT molecular complexity index is 459. The van der Waals surface area contributed by atoms with Crippen LogP contribution in [0.25, 0.3) is 0 Å². The number of carbonyl (C=O) groups excluding carboxylic acids is 3. The average molecular weight is 294 g/mol. The molecule has 19 heavy (non-hydrogen) atoms. The van der Waals surface area contributed by atoms with Crippen molar-refractivity contribution in [3.05, 3.63) is 0 Å². The van der Waals surface area contributed by atoms with Crippen LogP contribution in [-0.2, 0) is 24.2 Å². The molecule has 2 unspecified atom stereocenters. The van der Waals surface area contributed by atoms with E-state index < -0.39 is 44.7 Å². The minimum atomic E-state index is -3.86. The zero-order valence-corrected chi connectivity index (χ0v) is 12.0. The molecule has 0 heterocycles. The molecule has 0 aromatic rings. The fourth-order valence-electron chi connectivity index (χ4n) is 1.20. The Morgan fingerprint density at radius 1 is 1.21 bits per heavy atom. The number of hydrogen-bond donors (Lipinski definition) is 2. The Balaban J connectivity index is 4.77. The van der Waals surface area contributed by atoms with E-state index in [9.17, 15) is 22.8 Å². The van der Waals surface area contributed by atoms with Crippen LogP contribution in [0.4, 0.5) is 4.79 Å². The van der Waals surface area contributed by atoms with Gasteiger partial charge in [-0.25, -0.2) is 13.2 Å². The number of amides is 3. The zero-order chi connectivity index (χ0) is 15.2. The van der Waals surface area contributed by atoms with Crippen molar-refractivity contribution in [2.75, 3.05) is 19.9 Å². The fraction of sp³-hybridized carbons (Fsp3) is 0.700. The van der Waals surface area contributed by atoms with Crippen LogP contribution in [0.2, 0.25) is 0 Å². The molecule has 0 saturated carbocycles. The summed E-state index contributed by atoms with van der Waals surface area (Å²) in [6.45, 7) is 2.53. The molecule has 8 nitrogen and oxygen atoms in total. The van der Waals surface area contributed by atoms with Crippen LogP contribution in [0.5, 0.6) is 0 Å². The van der Waals surface area contributed by atoms with Crippen molar-refractivity contribution >= 4 is 27.7 Å². The lowest BCUT2D eigenvalue weighted by Crippen LogP contribution is -2.46. The van der Waals surface area contributed by atoms with Crippen molar-refractivity contribution < 1.29 is 27.5 Å². The topological polar surface area (TPSA) is 119 Å². The first-order chi connectivity index (χ1) is 8.65. The van der Waals surface area contributed by atoms with Gasteiger partial charge in [-0.1, -0.05) is 6.92 Å². The molecule has 2 N–H and O–H groups in total. The van der Waals surface area contributed by atoms with Crippen LogP contribution >= 0.6 is 0 Å². The van der Waals surface area contributed by atoms with E-state index in [-0.39, 0.29) is 0 Å². The van der Waals surface area contributed by atoms with Gasteiger partial charge in [0.15, 0.2) is 9.84 Å². The summed E-state index contributed by atoms with van der Waals surface area (Å²) in [5.74, 6) is -3.04. The molecule has 0 aliphatic rings. The Hall–Kier alpha value is -1.64. The molecule has 3 amide bonds. The molecule has 0 aliphatic heterocycles. The largest absolute Gasteiger partial charge is 0.469 e. The van der Waals surface area contributed by atoms with Crippen molar-refractivity contribution in [1.82, 2.24) is 10.6 Å². The number of imide groups is 1. The number of esters is 1. The molecule has 0 aromatic heterocycles. The monoisotopic (exact) mass is 294 g/mol. The van der Waals surface area contributed by atoms with Gasteiger partial charge in [0.1, 0.15) is 5.25 Å². The number of hydrogen-bond acceptors (Lipinski definition) is 6. The van der Waals surface area contributed by atoms with Gasteiger partial charge in [0.05, 0.1) is 18.8 Å². The SMILES string of the molecule is CNC(=O)NC(=O)C(C)S(=O)(=O)CC(C)C(=O)OC. The molecule has 2 atom stereocenters. The maximum atomic E-state index is 11.9. The molecular weight excluding hydrogens is 276 g/mol. The number of rotatable bonds is 5. The lowest BCUT2D eigenvalue weighted by molar-refractivity contribution is -0.144. The Kier molecular flexibility index (Phi) is 6.46. The number of ether oxygens (including phenoxy) is 1. The van der Waals surface area contributed by atoms with E-state index in [2.05, 4.69) is 10.1 Å². The maximum absolute atomic E-state index is 11.9. The van der Waals surface area contributed by atoms with Gasteiger partial charge in [-0.05, 0) is 6.92 Å². The van der Waals surface area contributed by atoms with Gasteiger partial charge < -0.3 is 10.1 Å². The standard InChI is InChI=1S/C10H18N2O6S/c1-6(9(14)18-4)5-19(16,17)7(2)8(13)12-10(15)11-3/h6-7H,5H2,1-4H3,(H2,11,12,13,15). The molecule has 0 aromatic carbocycles. The predicted molar refractivity (Wildman–Crippen MR) is 67.0 cm³/mol. The van der Waals surface area contributed by atoms with E-state index in [4.69, 9.17) is 0 Å². The van der Waals surface area contributed by atoms with Gasteiger partial charge in [-0.3, -0.25) is 14.9 Å². The normalized spacial score (nSPS) is 14.1. The molecule has 0 radical (unpaired) electrons. The summed E-state index contributed by atoms with van der Waals surface area (Å²) in [5.41, 5.74) is 0. The summed E-state index contributed by atoms with van der Waals surface area (Å²) in [5, 5.41) is 2.56. The summed E-state index contributed by atoms with van der Waals surface area (Å²) < 4.78 is 28.2. The Morgan fingerprint density at radius 2 is 1.74 bits per heavy atom. The second kappa shape index (κ2) is 7.07. The molecule has 9 heteroatoms. The van der Waals surface area contributed by atoms with Crippen LogP contribution in [0.3, 0.4) is 0 Å². The van der Waals surface area contributed by atoms with Crippen LogP contribution < -0.4 is 10.6 Å². The predicted octanol–water partition coefficient (Wildman–Crippen LogP) is -0.946. The molecule has 0 rings (SSSR count). The maximum Gasteiger partial charge on any atom is 0.321 e. The molecule has 0 bridgehead atoms. The van der Waals surface area contributed by atoms with Crippen LogP contribution in [-0.4, -0.2) is 51.5 Å². The molecular formula is C10H18N2O6S. The molecule has 0 fully saturated rings. The summed E-state index contributed by atoms with van der Waals surface area (Å²) >= 11 is 0. The summed E-state index contributed by atoms with van der Waals surface area (Å²) in [4.78, 5) is 33.6. The van der Waals surface area contributed by atoms with Gasteiger partial charge >= 0.3 is 12.0 Å². The van der Waals surface area contributed by atoms with Crippen molar-refractivity contribution in [3.63, 3.8) is 0 Å². The number of sulfone groups is 1. The summed E-state index contributed by atoms with van der Waals surface area (Å²) in [7, 11) is -1.42. The lowest BCUT2D eigenvalue weighted by atomic mass is 10.2. The van der Waals surface area contributed by atoms with E-state index in [0.717, 1.165) is 14.0 Å². The average Bonchev–Trinajstić information content (AvgIpc) is 2.35. The van der Waals surface area contributed by atoms with Gasteiger partial charge in [0, 0.05) is 7.05 Å². The van der Waals surface area contributed by atoms with Gasteiger partial charge in [0.2, 0.25) is 5.91 Å². The van der Waals surface area contributed by atoms with E-state index in [0.29, 0.717) is 0 Å². The fourth-order valence-corrected chi connectivity index (χ4v) is 2.71.